The van der Waals surface area contributed by atoms with Crippen LogP contribution in [0.3, 0.4) is 0 Å². The van der Waals surface area contributed by atoms with Crippen molar-refractivity contribution in [3.63, 3.8) is 0 Å². The van der Waals surface area contributed by atoms with Crippen LogP contribution in [0.15, 0.2) is 0 Å². The number of aliphatic hydroxyl groups is 1. The predicted molar refractivity (Wildman–Crippen MR) is 52.7 cm³/mol. The lowest BCUT2D eigenvalue weighted by atomic mass is 9.93. The summed E-state index contributed by atoms with van der Waals surface area (Å²) >= 11 is 0. The first kappa shape index (κ1) is 11.0. The Hall–Kier alpha value is -0.120. The normalized spacial score (nSPS) is 31.6. The van der Waals surface area contributed by atoms with Gasteiger partial charge < -0.3 is 15.2 Å². The maximum absolute atomic E-state index is 9.09. The van der Waals surface area contributed by atoms with E-state index in [1.807, 2.05) is 6.92 Å². The molecule has 1 fully saturated rings. The first-order valence-corrected chi connectivity index (χ1v) is 5.16. The van der Waals surface area contributed by atoms with E-state index >= 15 is 0 Å². The van der Waals surface area contributed by atoms with Crippen molar-refractivity contribution in [3.05, 3.63) is 0 Å². The molecule has 3 nitrogen and oxygen atoms in total. The van der Waals surface area contributed by atoms with Gasteiger partial charge in [-0.2, -0.15) is 0 Å². The fourth-order valence-electron chi connectivity index (χ4n) is 1.84. The molecule has 0 saturated heterocycles. The first-order valence-electron chi connectivity index (χ1n) is 5.16. The number of aliphatic hydroxyl groups excluding tert-OH is 1. The van der Waals surface area contributed by atoms with E-state index in [4.69, 9.17) is 9.84 Å². The minimum Gasteiger partial charge on any atom is -0.392 e. The number of ether oxygens (including phenoxy) is 1. The van der Waals surface area contributed by atoms with E-state index in [0.29, 0.717) is 18.7 Å². The monoisotopic (exact) mass is 187 g/mol. The maximum Gasteiger partial charge on any atom is 0.0636 e. The Morgan fingerprint density at radius 2 is 2.00 bits per heavy atom. The van der Waals surface area contributed by atoms with Crippen molar-refractivity contribution in [2.75, 3.05) is 13.7 Å². The molecule has 0 radical (unpaired) electrons. The number of hydrogen-bond acceptors (Lipinski definition) is 3. The lowest BCUT2D eigenvalue weighted by Gasteiger charge is -2.28. The second-order valence-corrected chi connectivity index (χ2v) is 3.97. The van der Waals surface area contributed by atoms with E-state index in [1.165, 1.54) is 12.8 Å². The van der Waals surface area contributed by atoms with Crippen LogP contribution in [0.1, 0.15) is 32.6 Å². The average molecular weight is 187 g/mol. The van der Waals surface area contributed by atoms with E-state index < -0.39 is 0 Å². The molecule has 1 rings (SSSR count). The number of hydrogen-bond donors (Lipinski definition) is 2. The van der Waals surface area contributed by atoms with Gasteiger partial charge in [0, 0.05) is 19.7 Å². The van der Waals surface area contributed by atoms with Crippen LogP contribution >= 0.6 is 0 Å². The molecule has 0 aliphatic heterocycles. The second kappa shape index (κ2) is 5.58. The lowest BCUT2D eigenvalue weighted by molar-refractivity contribution is 0.0608. The Morgan fingerprint density at radius 1 is 1.38 bits per heavy atom. The Morgan fingerprint density at radius 3 is 2.46 bits per heavy atom. The number of methoxy groups -OCH3 is 1. The minimum atomic E-state index is -0.236. The molecule has 1 atom stereocenters. The summed E-state index contributed by atoms with van der Waals surface area (Å²) in [5, 5.41) is 12.5. The fraction of sp³-hybridized carbons (Fsp3) is 1.00. The van der Waals surface area contributed by atoms with E-state index in [1.54, 1.807) is 7.11 Å². The van der Waals surface area contributed by atoms with Crippen LogP contribution in [0.2, 0.25) is 0 Å². The van der Waals surface area contributed by atoms with Crippen molar-refractivity contribution in [2.45, 2.75) is 50.9 Å². The minimum absolute atomic E-state index is 0.236. The standard InChI is InChI=1S/C10H21NO2/c1-8(12)7-11-9-3-5-10(13-2)6-4-9/h8-12H,3-7H2,1-2H3/t8-,9?,10?/m1/s1. The van der Waals surface area contributed by atoms with Crippen molar-refractivity contribution in [1.82, 2.24) is 5.32 Å². The Labute approximate surface area is 80.5 Å². The van der Waals surface area contributed by atoms with Crippen LogP contribution < -0.4 is 5.32 Å². The fourth-order valence-corrected chi connectivity index (χ4v) is 1.84. The summed E-state index contributed by atoms with van der Waals surface area (Å²) in [7, 11) is 1.79. The van der Waals surface area contributed by atoms with Gasteiger partial charge in [0.15, 0.2) is 0 Å². The quantitative estimate of drug-likeness (QED) is 0.687. The van der Waals surface area contributed by atoms with E-state index in [0.717, 1.165) is 12.8 Å². The topological polar surface area (TPSA) is 41.5 Å². The Balaban J connectivity index is 2.10. The molecule has 0 aromatic heterocycles. The summed E-state index contributed by atoms with van der Waals surface area (Å²) in [5.74, 6) is 0. The first-order chi connectivity index (χ1) is 6.22. The molecule has 0 aromatic rings. The Bertz CT molecular complexity index is 131. The average Bonchev–Trinajstić information content (AvgIpc) is 2.15. The molecular weight excluding hydrogens is 166 g/mol. The van der Waals surface area contributed by atoms with Crippen LogP contribution in [0.4, 0.5) is 0 Å². The van der Waals surface area contributed by atoms with Gasteiger partial charge in [0.25, 0.3) is 0 Å². The van der Waals surface area contributed by atoms with Crippen molar-refractivity contribution in [2.24, 2.45) is 0 Å². The van der Waals surface area contributed by atoms with Gasteiger partial charge in [-0.25, -0.2) is 0 Å². The van der Waals surface area contributed by atoms with Crippen LogP contribution in [-0.2, 0) is 4.74 Å². The number of rotatable bonds is 4. The van der Waals surface area contributed by atoms with Gasteiger partial charge in [-0.05, 0) is 32.6 Å². The third-order valence-corrected chi connectivity index (χ3v) is 2.71. The summed E-state index contributed by atoms with van der Waals surface area (Å²) < 4.78 is 5.29. The molecule has 0 amide bonds. The van der Waals surface area contributed by atoms with Crippen molar-refractivity contribution in [1.29, 1.82) is 0 Å². The van der Waals surface area contributed by atoms with Crippen LogP contribution in [-0.4, -0.2) is 37.0 Å². The number of nitrogens with one attached hydrogen (secondary N) is 1. The van der Waals surface area contributed by atoms with Gasteiger partial charge in [0.1, 0.15) is 0 Å². The highest BCUT2D eigenvalue weighted by molar-refractivity contribution is 4.77. The van der Waals surface area contributed by atoms with E-state index in [9.17, 15) is 0 Å². The molecule has 0 heterocycles. The SMILES string of the molecule is COC1CCC(NC[C@@H](C)O)CC1. The van der Waals surface area contributed by atoms with Gasteiger partial charge in [-0.15, -0.1) is 0 Å². The highest BCUT2D eigenvalue weighted by Crippen LogP contribution is 2.20. The largest absolute Gasteiger partial charge is 0.392 e. The molecule has 1 aliphatic rings. The van der Waals surface area contributed by atoms with Crippen LogP contribution in [0.25, 0.3) is 0 Å². The highest BCUT2D eigenvalue weighted by atomic mass is 16.5. The maximum atomic E-state index is 9.09. The molecule has 3 heteroatoms. The summed E-state index contributed by atoms with van der Waals surface area (Å²) in [5.41, 5.74) is 0. The molecule has 0 unspecified atom stereocenters. The molecule has 0 bridgehead atoms. The zero-order valence-electron chi connectivity index (χ0n) is 8.62. The third kappa shape index (κ3) is 4.07. The van der Waals surface area contributed by atoms with Gasteiger partial charge >= 0.3 is 0 Å². The molecule has 0 aromatic carbocycles. The zero-order chi connectivity index (χ0) is 9.68. The van der Waals surface area contributed by atoms with Gasteiger partial charge in [0.05, 0.1) is 12.2 Å². The molecule has 78 valence electrons. The van der Waals surface area contributed by atoms with E-state index in [-0.39, 0.29) is 6.10 Å². The molecule has 0 spiro atoms. The van der Waals surface area contributed by atoms with Crippen molar-refractivity contribution in [3.8, 4) is 0 Å². The molecular formula is C10H21NO2. The Kier molecular flexibility index (Phi) is 4.70. The molecule has 1 saturated carbocycles. The van der Waals surface area contributed by atoms with Gasteiger partial charge in [-0.3, -0.25) is 0 Å². The van der Waals surface area contributed by atoms with Gasteiger partial charge in [-0.1, -0.05) is 0 Å². The summed E-state index contributed by atoms with van der Waals surface area (Å²) in [6.45, 7) is 2.52. The summed E-state index contributed by atoms with van der Waals surface area (Å²) in [4.78, 5) is 0. The highest BCUT2D eigenvalue weighted by Gasteiger charge is 2.20. The lowest BCUT2D eigenvalue weighted by Crippen LogP contribution is -2.38. The van der Waals surface area contributed by atoms with E-state index in [2.05, 4.69) is 5.32 Å². The molecule has 1 aliphatic carbocycles. The summed E-state index contributed by atoms with van der Waals surface area (Å²) in [6, 6.07) is 0.584. The predicted octanol–water partition coefficient (Wildman–Crippen LogP) is 0.914. The molecule has 13 heavy (non-hydrogen) atoms. The van der Waals surface area contributed by atoms with Gasteiger partial charge in [0.2, 0.25) is 0 Å². The van der Waals surface area contributed by atoms with Crippen molar-refractivity contribution < 1.29 is 9.84 Å². The zero-order valence-corrected chi connectivity index (χ0v) is 8.62. The van der Waals surface area contributed by atoms with Crippen LogP contribution in [0.5, 0.6) is 0 Å². The van der Waals surface area contributed by atoms with Crippen molar-refractivity contribution >= 4 is 0 Å². The molecule has 2 N–H and O–H groups in total. The summed E-state index contributed by atoms with van der Waals surface area (Å²) in [6.07, 6.45) is 4.86. The second-order valence-electron chi connectivity index (χ2n) is 3.97. The third-order valence-electron chi connectivity index (χ3n) is 2.71. The van der Waals surface area contributed by atoms with Crippen LogP contribution in [0, 0.1) is 0 Å². The smallest absolute Gasteiger partial charge is 0.0636 e.